The summed E-state index contributed by atoms with van der Waals surface area (Å²) in [7, 11) is 0. The molecule has 6 nitrogen and oxygen atoms in total. The average Bonchev–Trinajstić information content (AvgIpc) is 3.29. The topological polar surface area (TPSA) is 95.9 Å². The van der Waals surface area contributed by atoms with Crippen molar-refractivity contribution in [3.8, 4) is 0 Å². The highest BCUT2D eigenvalue weighted by molar-refractivity contribution is 5.76. The average molecular weight is 903 g/mol. The molecule has 0 fully saturated rings. The van der Waals surface area contributed by atoms with E-state index in [2.05, 4.69) is 43.5 Å². The van der Waals surface area contributed by atoms with Crippen LogP contribution in [-0.4, -0.2) is 47.4 Å². The van der Waals surface area contributed by atoms with Gasteiger partial charge in [-0.3, -0.25) is 9.59 Å². The Kier molecular flexibility index (Phi) is 52.6. The summed E-state index contributed by atoms with van der Waals surface area (Å²) in [5.74, 6) is -0.0375. The summed E-state index contributed by atoms with van der Waals surface area (Å²) in [5.41, 5.74) is 0. The molecule has 0 saturated heterocycles. The molecule has 0 saturated carbocycles. The molecule has 0 aromatic heterocycles. The number of esters is 1. The first-order chi connectivity index (χ1) is 31.5. The first kappa shape index (κ1) is 62.3. The minimum absolute atomic E-state index is 0.00173. The van der Waals surface area contributed by atoms with Crippen molar-refractivity contribution in [2.75, 3.05) is 13.2 Å². The third kappa shape index (κ3) is 49.8. The maximum atomic E-state index is 12.4. The van der Waals surface area contributed by atoms with Crippen LogP contribution < -0.4 is 5.32 Å². The van der Waals surface area contributed by atoms with E-state index in [4.69, 9.17) is 4.74 Å². The Morgan fingerprint density at radius 2 is 0.781 bits per heavy atom. The fourth-order valence-corrected chi connectivity index (χ4v) is 8.85. The van der Waals surface area contributed by atoms with Crippen LogP contribution in [0.15, 0.2) is 24.3 Å². The molecule has 0 bridgehead atoms. The minimum atomic E-state index is -0.664. The van der Waals surface area contributed by atoms with E-state index < -0.39 is 12.1 Å². The van der Waals surface area contributed by atoms with Crippen LogP contribution in [0.2, 0.25) is 0 Å². The summed E-state index contributed by atoms with van der Waals surface area (Å²) in [4.78, 5) is 24.5. The Bertz CT molecular complexity index is 997. The van der Waals surface area contributed by atoms with Crippen molar-refractivity contribution in [3.63, 3.8) is 0 Å². The predicted molar refractivity (Wildman–Crippen MR) is 278 cm³/mol. The molecule has 0 aliphatic carbocycles. The number of carbonyl (C=O) groups excluding carboxylic acids is 2. The molecule has 0 rings (SSSR count). The smallest absolute Gasteiger partial charge is 0.305 e. The fraction of sp³-hybridized carbons (Fsp3) is 0.897. The number of ether oxygens (including phenoxy) is 1. The normalized spacial score (nSPS) is 12.8. The van der Waals surface area contributed by atoms with E-state index in [1.165, 1.54) is 225 Å². The lowest BCUT2D eigenvalue weighted by Gasteiger charge is -2.22. The quantitative estimate of drug-likeness (QED) is 0.0321. The molecule has 378 valence electrons. The number of hydrogen-bond acceptors (Lipinski definition) is 5. The summed E-state index contributed by atoms with van der Waals surface area (Å²) in [6.45, 7) is 4.92. The predicted octanol–water partition coefficient (Wildman–Crippen LogP) is 17.5. The van der Waals surface area contributed by atoms with Gasteiger partial charge in [-0.1, -0.05) is 263 Å². The molecule has 0 aliphatic heterocycles. The lowest BCUT2D eigenvalue weighted by atomic mass is 10.0. The summed E-state index contributed by atoms with van der Waals surface area (Å²) < 4.78 is 5.48. The second-order valence-electron chi connectivity index (χ2n) is 19.6. The number of rotatable bonds is 53. The molecular formula is C58H111NO5. The molecule has 1 amide bonds. The summed E-state index contributed by atoms with van der Waals surface area (Å²) in [5, 5.41) is 23.1. The molecule has 3 N–H and O–H groups in total. The molecule has 0 heterocycles. The zero-order chi connectivity index (χ0) is 46.5. The highest BCUT2D eigenvalue weighted by atomic mass is 16.5. The molecule has 0 radical (unpaired) electrons. The van der Waals surface area contributed by atoms with Crippen molar-refractivity contribution in [1.29, 1.82) is 0 Å². The van der Waals surface area contributed by atoms with Gasteiger partial charge in [0.2, 0.25) is 5.91 Å². The highest BCUT2D eigenvalue weighted by Crippen LogP contribution is 2.17. The van der Waals surface area contributed by atoms with Gasteiger partial charge >= 0.3 is 5.97 Å². The first-order valence-corrected chi connectivity index (χ1v) is 28.6. The van der Waals surface area contributed by atoms with Crippen LogP contribution in [0.4, 0.5) is 0 Å². The Morgan fingerprint density at radius 3 is 1.20 bits per heavy atom. The van der Waals surface area contributed by atoms with E-state index >= 15 is 0 Å². The molecule has 0 aliphatic rings. The number of amides is 1. The van der Waals surface area contributed by atoms with Crippen molar-refractivity contribution in [2.45, 2.75) is 321 Å². The van der Waals surface area contributed by atoms with Gasteiger partial charge in [-0.05, 0) is 57.8 Å². The fourth-order valence-electron chi connectivity index (χ4n) is 8.85. The van der Waals surface area contributed by atoms with Crippen molar-refractivity contribution in [1.82, 2.24) is 5.32 Å². The first-order valence-electron chi connectivity index (χ1n) is 28.6. The van der Waals surface area contributed by atoms with Gasteiger partial charge in [0.1, 0.15) is 0 Å². The van der Waals surface area contributed by atoms with Gasteiger partial charge < -0.3 is 20.3 Å². The van der Waals surface area contributed by atoms with Crippen LogP contribution in [0.1, 0.15) is 309 Å². The monoisotopic (exact) mass is 902 g/mol. The number of allylic oxidation sites excluding steroid dienone is 4. The largest absolute Gasteiger partial charge is 0.466 e. The van der Waals surface area contributed by atoms with Crippen LogP contribution in [0.3, 0.4) is 0 Å². The number of hydrogen-bond donors (Lipinski definition) is 3. The van der Waals surface area contributed by atoms with E-state index in [-0.39, 0.29) is 18.5 Å². The van der Waals surface area contributed by atoms with Gasteiger partial charge in [0.05, 0.1) is 25.4 Å². The zero-order valence-electron chi connectivity index (χ0n) is 43.0. The Balaban J connectivity index is 3.37. The second-order valence-corrected chi connectivity index (χ2v) is 19.6. The minimum Gasteiger partial charge on any atom is -0.466 e. The maximum absolute atomic E-state index is 12.4. The van der Waals surface area contributed by atoms with Gasteiger partial charge in [0.15, 0.2) is 0 Å². The SMILES string of the molecule is CCCCCC/C=C\C/C=C\CCCCCCCCCC(=O)OCCCCCCCCCCCCCCCCCCCCCC(=O)NC(CO)C(O)CCCCCCCCCCCC. The van der Waals surface area contributed by atoms with Crippen LogP contribution in [0.5, 0.6) is 0 Å². The van der Waals surface area contributed by atoms with E-state index in [9.17, 15) is 19.8 Å². The van der Waals surface area contributed by atoms with Crippen LogP contribution in [0, 0.1) is 0 Å². The van der Waals surface area contributed by atoms with E-state index in [0.29, 0.717) is 25.9 Å². The molecule has 0 spiro atoms. The summed E-state index contributed by atoms with van der Waals surface area (Å²) >= 11 is 0. The third-order valence-electron chi connectivity index (χ3n) is 13.3. The third-order valence-corrected chi connectivity index (χ3v) is 13.3. The second kappa shape index (κ2) is 54.0. The van der Waals surface area contributed by atoms with Crippen molar-refractivity contribution < 1.29 is 24.5 Å². The number of aliphatic hydroxyl groups is 2. The molecule has 64 heavy (non-hydrogen) atoms. The van der Waals surface area contributed by atoms with Crippen molar-refractivity contribution >= 4 is 11.9 Å². The molecule has 0 aromatic rings. The van der Waals surface area contributed by atoms with E-state index in [1.54, 1.807) is 0 Å². The van der Waals surface area contributed by atoms with E-state index in [1.807, 2.05) is 0 Å². The van der Waals surface area contributed by atoms with Gasteiger partial charge in [-0.15, -0.1) is 0 Å². The summed E-state index contributed by atoms with van der Waals surface area (Å²) in [6, 6.07) is -0.542. The highest BCUT2D eigenvalue weighted by Gasteiger charge is 2.20. The maximum Gasteiger partial charge on any atom is 0.305 e. The lowest BCUT2D eigenvalue weighted by molar-refractivity contribution is -0.143. The van der Waals surface area contributed by atoms with E-state index in [0.717, 1.165) is 51.4 Å². The van der Waals surface area contributed by atoms with Gasteiger partial charge in [0, 0.05) is 12.8 Å². The Labute approximate surface area is 399 Å². The number of unbranched alkanes of at least 4 members (excludes halogenated alkanes) is 38. The zero-order valence-corrected chi connectivity index (χ0v) is 43.0. The number of carbonyl (C=O) groups is 2. The molecule has 2 atom stereocenters. The number of aliphatic hydroxyl groups excluding tert-OH is 2. The van der Waals surface area contributed by atoms with Crippen LogP contribution >= 0.6 is 0 Å². The van der Waals surface area contributed by atoms with Crippen molar-refractivity contribution in [3.05, 3.63) is 24.3 Å². The molecular weight excluding hydrogens is 791 g/mol. The van der Waals surface area contributed by atoms with Crippen LogP contribution in [-0.2, 0) is 14.3 Å². The Morgan fingerprint density at radius 1 is 0.438 bits per heavy atom. The Hall–Kier alpha value is -1.66. The molecule has 2 unspecified atom stereocenters. The molecule has 6 heteroatoms. The lowest BCUT2D eigenvalue weighted by Crippen LogP contribution is -2.45. The van der Waals surface area contributed by atoms with Gasteiger partial charge in [-0.25, -0.2) is 0 Å². The van der Waals surface area contributed by atoms with Crippen LogP contribution in [0.25, 0.3) is 0 Å². The number of nitrogens with one attached hydrogen (secondary N) is 1. The molecule has 0 aromatic carbocycles. The van der Waals surface area contributed by atoms with Gasteiger partial charge in [0.25, 0.3) is 0 Å². The van der Waals surface area contributed by atoms with Crippen molar-refractivity contribution in [2.24, 2.45) is 0 Å². The standard InChI is InChI=1S/C58H111NO5/c1-3-5-7-9-11-13-15-16-17-18-23-26-29-32-36-40-44-48-52-58(63)64-53-49-45-41-37-33-30-27-24-21-19-20-22-25-28-31-35-39-43-47-51-57(62)59-55(54-60)56(61)50-46-42-38-34-14-12-10-8-6-4-2/h13,15,17-18,55-56,60-61H,3-12,14,16,19-54H2,1-2H3,(H,59,62)/b15-13-,18-17-. The summed E-state index contributed by atoms with van der Waals surface area (Å²) in [6.07, 6.45) is 64.6. The van der Waals surface area contributed by atoms with Gasteiger partial charge in [-0.2, -0.15) is 0 Å².